The maximum atomic E-state index is 13.1. The fourth-order valence-corrected chi connectivity index (χ4v) is 5.44. The summed E-state index contributed by atoms with van der Waals surface area (Å²) in [5.41, 5.74) is 2.88. The van der Waals surface area contributed by atoms with Crippen molar-refractivity contribution in [1.29, 1.82) is 0 Å². The van der Waals surface area contributed by atoms with Gasteiger partial charge in [0.2, 0.25) is 5.91 Å². The molecule has 0 radical (unpaired) electrons. The Hall–Kier alpha value is -1.58. The average molecular weight is 417 g/mol. The zero-order valence-electron chi connectivity index (χ0n) is 16.2. The molecule has 0 bridgehead atoms. The van der Waals surface area contributed by atoms with Crippen LogP contribution in [0.5, 0.6) is 0 Å². The monoisotopic (exact) mass is 416 g/mol. The molecule has 28 heavy (non-hydrogen) atoms. The van der Waals surface area contributed by atoms with Gasteiger partial charge in [-0.3, -0.25) is 9.78 Å². The van der Waals surface area contributed by atoms with Crippen molar-refractivity contribution >= 4 is 29.1 Å². The number of benzene rings is 1. The van der Waals surface area contributed by atoms with E-state index < -0.39 is 0 Å². The van der Waals surface area contributed by atoms with Crippen LogP contribution in [-0.4, -0.2) is 28.4 Å². The highest BCUT2D eigenvalue weighted by atomic mass is 35.5. The van der Waals surface area contributed by atoms with Crippen molar-refractivity contribution in [1.82, 2.24) is 9.88 Å². The summed E-state index contributed by atoms with van der Waals surface area (Å²) in [4.78, 5) is 19.3. The lowest BCUT2D eigenvalue weighted by Gasteiger charge is -2.36. The van der Waals surface area contributed by atoms with Gasteiger partial charge in [0.1, 0.15) is 0 Å². The van der Waals surface area contributed by atoms with E-state index >= 15 is 0 Å². The smallest absolute Gasteiger partial charge is 0.226 e. The lowest BCUT2D eigenvalue weighted by atomic mass is 9.85. The number of likely N-dealkylation sites (tertiary alicyclic amines) is 1. The molecule has 2 heterocycles. The topological polar surface area (TPSA) is 33.2 Å². The highest BCUT2D eigenvalue weighted by Gasteiger charge is 2.38. The molecule has 3 nitrogen and oxygen atoms in total. The second-order valence-corrected chi connectivity index (χ2v) is 9.02. The first-order chi connectivity index (χ1) is 13.5. The lowest BCUT2D eigenvalue weighted by molar-refractivity contribution is -0.134. The van der Waals surface area contributed by atoms with E-state index in [1.165, 1.54) is 19.3 Å². The van der Waals surface area contributed by atoms with E-state index in [-0.39, 0.29) is 11.8 Å². The van der Waals surface area contributed by atoms with Gasteiger partial charge in [0.25, 0.3) is 0 Å². The van der Waals surface area contributed by atoms with Crippen LogP contribution in [0, 0.1) is 11.8 Å². The van der Waals surface area contributed by atoms with Crippen LogP contribution in [0.4, 0.5) is 0 Å². The molecule has 2 aliphatic rings. The second-order valence-electron chi connectivity index (χ2n) is 8.20. The second kappa shape index (κ2) is 8.42. The zero-order chi connectivity index (χ0) is 19.7. The summed E-state index contributed by atoms with van der Waals surface area (Å²) in [6.07, 6.45) is 9.91. The third kappa shape index (κ3) is 3.92. The van der Waals surface area contributed by atoms with E-state index in [4.69, 9.17) is 23.2 Å². The standard InChI is InChI=1S/C23H26Cl2N2O/c1-15-4-2-3-5-22(15)27-11-8-17(23(27)28)12-19-20(24)13-18(14-21(19)25)16-6-9-26-10-7-16/h6-7,9-10,13-15,17,22H,2-5,8,11-12H2,1H3. The molecule has 1 aliphatic carbocycles. The number of hydrogen-bond donors (Lipinski definition) is 0. The molecule has 5 heteroatoms. The normalized spacial score (nSPS) is 25.3. The Morgan fingerprint density at radius 1 is 1.04 bits per heavy atom. The van der Waals surface area contributed by atoms with Gasteiger partial charge in [-0.05, 0) is 72.6 Å². The van der Waals surface area contributed by atoms with Crippen LogP contribution in [0.2, 0.25) is 10.0 Å². The fraction of sp³-hybridized carbons (Fsp3) is 0.478. The molecular weight excluding hydrogens is 391 g/mol. The number of carbonyl (C=O) groups is 1. The quantitative estimate of drug-likeness (QED) is 0.609. The van der Waals surface area contributed by atoms with Gasteiger partial charge >= 0.3 is 0 Å². The number of carbonyl (C=O) groups excluding carboxylic acids is 1. The predicted molar refractivity (Wildman–Crippen MR) is 115 cm³/mol. The van der Waals surface area contributed by atoms with Gasteiger partial charge in [-0.2, -0.15) is 0 Å². The van der Waals surface area contributed by atoms with Gasteiger partial charge < -0.3 is 4.90 Å². The molecule has 1 amide bonds. The Morgan fingerprint density at radius 3 is 2.39 bits per heavy atom. The molecule has 1 saturated carbocycles. The summed E-state index contributed by atoms with van der Waals surface area (Å²) in [6.45, 7) is 3.15. The molecule has 1 aromatic heterocycles. The van der Waals surface area contributed by atoms with Crippen LogP contribution in [-0.2, 0) is 11.2 Å². The van der Waals surface area contributed by atoms with Crippen molar-refractivity contribution in [3.8, 4) is 11.1 Å². The van der Waals surface area contributed by atoms with Crippen molar-refractivity contribution in [3.05, 3.63) is 52.3 Å². The number of rotatable bonds is 4. The Labute approximate surface area is 177 Å². The SMILES string of the molecule is CC1CCCCC1N1CCC(Cc2c(Cl)cc(-c3ccncc3)cc2Cl)C1=O. The highest BCUT2D eigenvalue weighted by Crippen LogP contribution is 2.37. The number of pyridine rings is 1. The van der Waals surface area contributed by atoms with Gasteiger partial charge in [0.15, 0.2) is 0 Å². The van der Waals surface area contributed by atoms with Gasteiger partial charge in [-0.1, -0.05) is 43.0 Å². The number of amides is 1. The molecule has 2 aromatic rings. The first-order valence-corrected chi connectivity index (χ1v) is 11.0. The van der Waals surface area contributed by atoms with E-state index in [0.29, 0.717) is 28.4 Å². The van der Waals surface area contributed by atoms with Crippen LogP contribution in [0.15, 0.2) is 36.7 Å². The van der Waals surface area contributed by atoms with Crippen LogP contribution < -0.4 is 0 Å². The van der Waals surface area contributed by atoms with Gasteiger partial charge in [-0.15, -0.1) is 0 Å². The number of nitrogens with zero attached hydrogens (tertiary/aromatic N) is 2. The highest BCUT2D eigenvalue weighted by molar-refractivity contribution is 6.36. The largest absolute Gasteiger partial charge is 0.339 e. The maximum absolute atomic E-state index is 13.1. The average Bonchev–Trinajstić information content (AvgIpc) is 3.06. The first kappa shape index (κ1) is 19.7. The molecular formula is C23H26Cl2N2O. The number of aromatic nitrogens is 1. The summed E-state index contributed by atoms with van der Waals surface area (Å²) in [7, 11) is 0. The van der Waals surface area contributed by atoms with Crippen molar-refractivity contribution in [2.45, 2.75) is 51.5 Å². The summed E-state index contributed by atoms with van der Waals surface area (Å²) in [6, 6.07) is 8.17. The van der Waals surface area contributed by atoms with E-state index in [0.717, 1.165) is 36.1 Å². The van der Waals surface area contributed by atoms with Gasteiger partial charge in [-0.25, -0.2) is 0 Å². The Morgan fingerprint density at radius 2 is 1.71 bits per heavy atom. The molecule has 3 atom stereocenters. The van der Waals surface area contributed by atoms with Crippen molar-refractivity contribution < 1.29 is 4.79 Å². The minimum absolute atomic E-state index is 0.0177. The Bertz CT molecular complexity index is 832. The molecule has 1 saturated heterocycles. The minimum atomic E-state index is -0.0177. The van der Waals surface area contributed by atoms with Gasteiger partial charge in [0, 0.05) is 40.9 Å². The summed E-state index contributed by atoms with van der Waals surface area (Å²) >= 11 is 13.2. The Kier molecular flexibility index (Phi) is 5.93. The van der Waals surface area contributed by atoms with E-state index in [1.54, 1.807) is 12.4 Å². The molecule has 148 valence electrons. The van der Waals surface area contributed by atoms with E-state index in [2.05, 4.69) is 16.8 Å². The number of hydrogen-bond acceptors (Lipinski definition) is 2. The molecule has 0 spiro atoms. The lowest BCUT2D eigenvalue weighted by Crippen LogP contribution is -2.43. The summed E-state index contributed by atoms with van der Waals surface area (Å²) in [5.74, 6) is 0.864. The molecule has 3 unspecified atom stereocenters. The van der Waals surface area contributed by atoms with Crippen LogP contribution in [0.25, 0.3) is 11.1 Å². The van der Waals surface area contributed by atoms with Gasteiger partial charge in [0.05, 0.1) is 0 Å². The van der Waals surface area contributed by atoms with Crippen LogP contribution in [0.1, 0.15) is 44.6 Å². The molecule has 1 aliphatic heterocycles. The molecule has 4 rings (SSSR count). The summed E-state index contributed by atoms with van der Waals surface area (Å²) in [5, 5.41) is 1.27. The van der Waals surface area contributed by atoms with Crippen molar-refractivity contribution in [2.24, 2.45) is 11.8 Å². The zero-order valence-corrected chi connectivity index (χ0v) is 17.7. The van der Waals surface area contributed by atoms with E-state index in [1.807, 2.05) is 24.3 Å². The van der Waals surface area contributed by atoms with Crippen LogP contribution in [0.3, 0.4) is 0 Å². The van der Waals surface area contributed by atoms with Crippen LogP contribution >= 0.6 is 23.2 Å². The van der Waals surface area contributed by atoms with Crippen molar-refractivity contribution in [2.75, 3.05) is 6.54 Å². The third-order valence-corrected chi connectivity index (χ3v) is 7.10. The molecule has 2 fully saturated rings. The third-order valence-electron chi connectivity index (χ3n) is 6.42. The molecule has 1 aromatic carbocycles. The Balaban J connectivity index is 1.51. The first-order valence-electron chi connectivity index (χ1n) is 10.2. The molecule has 0 N–H and O–H groups in total. The maximum Gasteiger partial charge on any atom is 0.226 e. The minimum Gasteiger partial charge on any atom is -0.339 e. The summed E-state index contributed by atoms with van der Waals surface area (Å²) < 4.78 is 0. The predicted octanol–water partition coefficient (Wildman–Crippen LogP) is 6.03. The van der Waals surface area contributed by atoms with E-state index in [9.17, 15) is 4.79 Å². The fourth-order valence-electron chi connectivity index (χ4n) is 4.80. The number of halogens is 2. The van der Waals surface area contributed by atoms with Crippen molar-refractivity contribution in [3.63, 3.8) is 0 Å².